The summed E-state index contributed by atoms with van der Waals surface area (Å²) in [7, 11) is 0. The van der Waals surface area contributed by atoms with Gasteiger partial charge in [-0.15, -0.1) is 0 Å². The van der Waals surface area contributed by atoms with Gasteiger partial charge in [-0.05, 0) is 75.3 Å². The summed E-state index contributed by atoms with van der Waals surface area (Å²) in [6.07, 6.45) is 5.39. The first-order chi connectivity index (χ1) is 14.7. The molecule has 2 heterocycles. The molecule has 5 heteroatoms. The first-order valence-corrected chi connectivity index (χ1v) is 11.4. The topological polar surface area (TPSA) is 57.3 Å². The third-order valence-corrected chi connectivity index (χ3v) is 6.57. The Morgan fingerprint density at radius 3 is 2.77 bits per heavy atom. The number of amides is 1. The minimum absolute atomic E-state index is 0.186. The highest BCUT2D eigenvalue weighted by atomic mass is 16.1. The average Bonchev–Trinajstić information content (AvgIpc) is 3.17. The van der Waals surface area contributed by atoms with Crippen molar-refractivity contribution in [3.63, 3.8) is 0 Å². The van der Waals surface area contributed by atoms with Crippen LogP contribution in [0.5, 0.6) is 0 Å². The quantitative estimate of drug-likeness (QED) is 0.705. The van der Waals surface area contributed by atoms with Gasteiger partial charge in [-0.25, -0.2) is 0 Å². The van der Waals surface area contributed by atoms with Crippen LogP contribution in [0.25, 0.3) is 0 Å². The van der Waals surface area contributed by atoms with Crippen molar-refractivity contribution >= 4 is 11.6 Å². The van der Waals surface area contributed by atoms with Crippen molar-refractivity contribution in [1.29, 1.82) is 0 Å². The van der Waals surface area contributed by atoms with Crippen molar-refractivity contribution in [1.82, 2.24) is 15.6 Å². The maximum atomic E-state index is 12.6. The monoisotopic (exact) mass is 406 g/mol. The summed E-state index contributed by atoms with van der Waals surface area (Å²) in [6, 6.07) is 14.8. The van der Waals surface area contributed by atoms with Crippen LogP contribution in [0.15, 0.2) is 42.5 Å². The summed E-state index contributed by atoms with van der Waals surface area (Å²) in [5.74, 6) is 1.10. The molecule has 1 aliphatic heterocycles. The van der Waals surface area contributed by atoms with Gasteiger partial charge < -0.3 is 15.5 Å². The third kappa shape index (κ3) is 5.39. The summed E-state index contributed by atoms with van der Waals surface area (Å²) in [6.45, 7) is 6.55. The number of carbonyl (C=O) groups is 1. The van der Waals surface area contributed by atoms with Crippen molar-refractivity contribution in [3.05, 3.63) is 59.4 Å². The second kappa shape index (κ2) is 10.1. The molecule has 30 heavy (non-hydrogen) atoms. The van der Waals surface area contributed by atoms with E-state index in [0.29, 0.717) is 5.92 Å². The molecular weight excluding hydrogens is 372 g/mol. The lowest BCUT2D eigenvalue weighted by Crippen LogP contribution is -2.39. The fraction of sp³-hybridized carbons (Fsp3) is 0.520. The average molecular weight is 407 g/mol. The molecule has 1 aromatic carbocycles. The molecule has 2 aromatic rings. The fourth-order valence-corrected chi connectivity index (χ4v) is 4.83. The fourth-order valence-electron chi connectivity index (χ4n) is 4.83. The van der Waals surface area contributed by atoms with Crippen molar-refractivity contribution in [2.75, 3.05) is 31.1 Å². The zero-order valence-corrected chi connectivity index (χ0v) is 18.1. The van der Waals surface area contributed by atoms with Crippen LogP contribution in [0, 0.1) is 18.8 Å². The number of hydrogen-bond donors (Lipinski definition) is 2. The van der Waals surface area contributed by atoms with Gasteiger partial charge in [0.05, 0.1) is 5.69 Å². The molecule has 2 aliphatic rings. The summed E-state index contributed by atoms with van der Waals surface area (Å²) in [4.78, 5) is 19.5. The minimum atomic E-state index is 0.186. The van der Waals surface area contributed by atoms with Crippen LogP contribution in [-0.2, 0) is 17.8 Å². The first kappa shape index (κ1) is 20.9. The van der Waals surface area contributed by atoms with E-state index in [1.54, 1.807) is 0 Å². The van der Waals surface area contributed by atoms with E-state index in [9.17, 15) is 4.79 Å². The maximum absolute atomic E-state index is 12.6. The van der Waals surface area contributed by atoms with E-state index in [0.717, 1.165) is 76.2 Å². The second-order valence-corrected chi connectivity index (χ2v) is 8.78. The number of fused-ring (bicyclic) bond motifs is 1. The molecule has 1 fully saturated rings. The molecule has 0 atom stereocenters. The Labute approximate surface area is 180 Å². The summed E-state index contributed by atoms with van der Waals surface area (Å²) in [5, 5.41) is 6.74. The highest BCUT2D eigenvalue weighted by Gasteiger charge is 2.26. The van der Waals surface area contributed by atoms with Gasteiger partial charge in [0.2, 0.25) is 5.91 Å². The largest absolute Gasteiger partial charge is 0.369 e. The first-order valence-electron chi connectivity index (χ1n) is 11.4. The number of nitrogens with one attached hydrogen (secondary N) is 2. The Morgan fingerprint density at radius 2 is 1.93 bits per heavy atom. The zero-order valence-electron chi connectivity index (χ0n) is 18.1. The molecule has 4 rings (SSSR count). The number of benzene rings is 1. The zero-order chi connectivity index (χ0) is 20.8. The number of aryl methyl sites for hydroxylation is 1. The van der Waals surface area contributed by atoms with E-state index in [4.69, 9.17) is 0 Å². The summed E-state index contributed by atoms with van der Waals surface area (Å²) >= 11 is 0. The number of para-hydroxylation sites is 1. The molecule has 1 aliphatic carbocycles. The molecule has 0 saturated heterocycles. The lowest BCUT2D eigenvalue weighted by atomic mass is 9.81. The molecular formula is C25H34N4O. The van der Waals surface area contributed by atoms with Gasteiger partial charge in [-0.2, -0.15) is 0 Å². The van der Waals surface area contributed by atoms with Crippen LogP contribution in [-0.4, -0.2) is 37.1 Å². The minimum Gasteiger partial charge on any atom is -0.369 e. The number of carbonyl (C=O) groups excluding carboxylic acids is 1. The Kier molecular flexibility index (Phi) is 7.00. The van der Waals surface area contributed by atoms with E-state index < -0.39 is 0 Å². The van der Waals surface area contributed by atoms with Crippen LogP contribution in [0.4, 0.5) is 5.69 Å². The van der Waals surface area contributed by atoms with Gasteiger partial charge in [0.25, 0.3) is 0 Å². The highest BCUT2D eigenvalue weighted by Crippen LogP contribution is 2.29. The van der Waals surface area contributed by atoms with Crippen LogP contribution in [0.2, 0.25) is 0 Å². The van der Waals surface area contributed by atoms with Gasteiger partial charge >= 0.3 is 0 Å². The molecule has 5 nitrogen and oxygen atoms in total. The van der Waals surface area contributed by atoms with E-state index in [2.05, 4.69) is 56.9 Å². The lowest BCUT2D eigenvalue weighted by Gasteiger charge is -2.28. The summed E-state index contributed by atoms with van der Waals surface area (Å²) in [5.41, 5.74) is 4.92. The number of hydrogen-bond acceptors (Lipinski definition) is 4. The van der Waals surface area contributed by atoms with Gasteiger partial charge in [0, 0.05) is 43.5 Å². The van der Waals surface area contributed by atoms with E-state index in [1.165, 1.54) is 11.3 Å². The number of pyridine rings is 1. The smallest absolute Gasteiger partial charge is 0.223 e. The molecule has 0 radical (unpaired) electrons. The molecule has 0 bridgehead atoms. The molecule has 1 amide bonds. The predicted molar refractivity (Wildman–Crippen MR) is 121 cm³/mol. The molecule has 2 N–H and O–H groups in total. The van der Waals surface area contributed by atoms with Crippen molar-refractivity contribution in [2.45, 2.75) is 45.6 Å². The Hall–Kier alpha value is -2.40. The molecule has 0 unspecified atom stereocenters. The molecule has 0 spiro atoms. The summed E-state index contributed by atoms with van der Waals surface area (Å²) < 4.78 is 0. The Bertz CT molecular complexity index is 845. The standard InChI is InChI=1S/C25H34N4O/c1-19-5-4-7-23(28-19)18-26-17-20-9-11-22(12-10-20)25(30)27-14-16-29-15-13-21-6-2-3-8-24(21)29/h2-8,20,22,26H,9-18H2,1H3,(H,27,30). The lowest BCUT2D eigenvalue weighted by molar-refractivity contribution is -0.126. The van der Waals surface area contributed by atoms with Crippen LogP contribution in [0.1, 0.15) is 42.6 Å². The number of anilines is 1. The Morgan fingerprint density at radius 1 is 1.10 bits per heavy atom. The van der Waals surface area contributed by atoms with E-state index in [-0.39, 0.29) is 11.8 Å². The van der Waals surface area contributed by atoms with Crippen LogP contribution >= 0.6 is 0 Å². The van der Waals surface area contributed by atoms with Crippen molar-refractivity contribution in [3.8, 4) is 0 Å². The SMILES string of the molecule is Cc1cccc(CNCC2CCC(C(=O)NCCN3CCc4ccccc43)CC2)n1. The molecule has 1 saturated carbocycles. The van der Waals surface area contributed by atoms with Crippen LogP contribution < -0.4 is 15.5 Å². The predicted octanol–water partition coefficient (Wildman–Crippen LogP) is 3.46. The van der Waals surface area contributed by atoms with E-state index in [1.807, 2.05) is 13.0 Å². The van der Waals surface area contributed by atoms with Crippen molar-refractivity contribution in [2.24, 2.45) is 11.8 Å². The van der Waals surface area contributed by atoms with E-state index >= 15 is 0 Å². The molecule has 1 aromatic heterocycles. The number of nitrogens with zero attached hydrogens (tertiary/aromatic N) is 2. The maximum Gasteiger partial charge on any atom is 0.223 e. The van der Waals surface area contributed by atoms with Gasteiger partial charge in [0.15, 0.2) is 0 Å². The third-order valence-electron chi connectivity index (χ3n) is 6.57. The van der Waals surface area contributed by atoms with Crippen molar-refractivity contribution < 1.29 is 4.79 Å². The van der Waals surface area contributed by atoms with Gasteiger partial charge in [-0.3, -0.25) is 9.78 Å². The van der Waals surface area contributed by atoms with Gasteiger partial charge in [-0.1, -0.05) is 24.3 Å². The number of aromatic nitrogens is 1. The number of rotatable bonds is 8. The van der Waals surface area contributed by atoms with Gasteiger partial charge in [0.1, 0.15) is 0 Å². The molecule has 160 valence electrons. The van der Waals surface area contributed by atoms with Crippen LogP contribution in [0.3, 0.4) is 0 Å². The Balaban J connectivity index is 1.12. The highest BCUT2D eigenvalue weighted by molar-refractivity contribution is 5.78. The normalized spacial score (nSPS) is 20.8. The second-order valence-electron chi connectivity index (χ2n) is 8.78.